The van der Waals surface area contributed by atoms with Crippen molar-refractivity contribution in [2.24, 2.45) is 0 Å². The Morgan fingerprint density at radius 3 is 2.69 bits per heavy atom. The molecule has 1 amide bonds. The number of ether oxygens (including phenoxy) is 2. The molecular formula is C26H29N3O5S. The van der Waals surface area contributed by atoms with Crippen molar-refractivity contribution >= 4 is 22.0 Å². The van der Waals surface area contributed by atoms with E-state index in [-0.39, 0.29) is 21.6 Å². The topological polar surface area (TPSA) is 99.5 Å². The van der Waals surface area contributed by atoms with E-state index in [9.17, 15) is 13.2 Å². The molecule has 1 N–H and O–H groups in total. The molecule has 8 nitrogen and oxygen atoms in total. The summed E-state index contributed by atoms with van der Waals surface area (Å²) in [6.07, 6.45) is 6.71. The van der Waals surface area contributed by atoms with Gasteiger partial charge in [-0.25, -0.2) is 13.1 Å². The van der Waals surface area contributed by atoms with Crippen LogP contribution in [-0.4, -0.2) is 44.4 Å². The highest BCUT2D eigenvalue weighted by atomic mass is 32.2. The Morgan fingerprint density at radius 1 is 1.26 bits per heavy atom. The molecule has 184 valence electrons. The van der Waals surface area contributed by atoms with Gasteiger partial charge >= 0.3 is 0 Å². The van der Waals surface area contributed by atoms with Gasteiger partial charge in [-0.05, 0) is 65.3 Å². The molecule has 0 atom stereocenters. The summed E-state index contributed by atoms with van der Waals surface area (Å²) in [7, 11) is -2.80. The van der Waals surface area contributed by atoms with Crippen LogP contribution in [0.15, 0.2) is 66.3 Å². The lowest BCUT2D eigenvalue weighted by molar-refractivity contribution is 0.0563. The summed E-state index contributed by atoms with van der Waals surface area (Å²) >= 11 is 0. The zero-order valence-corrected chi connectivity index (χ0v) is 20.7. The molecule has 2 aromatic carbocycles. The maximum atomic E-state index is 13.3. The molecule has 4 rings (SSSR count). The third-order valence-corrected chi connectivity index (χ3v) is 7.85. The molecule has 35 heavy (non-hydrogen) atoms. The molecule has 1 aliphatic rings. The fourth-order valence-electron chi connectivity index (χ4n) is 4.25. The number of hydrogen-bond acceptors (Lipinski definition) is 6. The quantitative estimate of drug-likeness (QED) is 0.511. The molecule has 3 aromatic rings. The van der Waals surface area contributed by atoms with Crippen molar-refractivity contribution in [3.63, 3.8) is 0 Å². The Labute approximate surface area is 205 Å². The summed E-state index contributed by atoms with van der Waals surface area (Å²) in [6, 6.07) is 11.9. The third-order valence-electron chi connectivity index (χ3n) is 6.49. The molecule has 0 unspecified atom stereocenters. The van der Waals surface area contributed by atoms with Gasteiger partial charge in [0.2, 0.25) is 0 Å². The van der Waals surface area contributed by atoms with Crippen LogP contribution in [0.1, 0.15) is 46.8 Å². The number of sulfonamides is 1. The Hall–Kier alpha value is -3.43. The van der Waals surface area contributed by atoms with Gasteiger partial charge in [-0.2, -0.15) is 5.10 Å². The second kappa shape index (κ2) is 10.1. The summed E-state index contributed by atoms with van der Waals surface area (Å²) in [5.74, 6) is -0.561. The Kier molecular flexibility index (Phi) is 7.09. The molecule has 9 heteroatoms. The maximum absolute atomic E-state index is 13.3. The summed E-state index contributed by atoms with van der Waals surface area (Å²) in [5.41, 5.74) is 2.48. The molecular weight excluding hydrogens is 466 g/mol. The average Bonchev–Trinajstić information content (AvgIpc) is 3.37. The number of rotatable bonds is 8. The van der Waals surface area contributed by atoms with E-state index in [1.807, 2.05) is 18.3 Å². The number of carbonyl (C=O) groups excluding carboxylic acids is 1. The zero-order valence-electron chi connectivity index (χ0n) is 19.9. The molecule has 0 saturated carbocycles. The van der Waals surface area contributed by atoms with Crippen molar-refractivity contribution in [3.05, 3.63) is 83.7 Å². The van der Waals surface area contributed by atoms with Crippen LogP contribution in [0.3, 0.4) is 0 Å². The number of amides is 1. The highest BCUT2D eigenvalue weighted by Crippen LogP contribution is 2.37. The molecule has 0 bridgehead atoms. The van der Waals surface area contributed by atoms with Gasteiger partial charge in [0.25, 0.3) is 15.9 Å². The van der Waals surface area contributed by atoms with Gasteiger partial charge in [0.05, 0.1) is 13.7 Å². The minimum Gasteiger partial charge on any atom is -0.495 e. The van der Waals surface area contributed by atoms with Gasteiger partial charge in [-0.1, -0.05) is 31.7 Å². The fraction of sp³-hybridized carbons (Fsp3) is 0.308. The van der Waals surface area contributed by atoms with Crippen LogP contribution < -0.4 is 9.46 Å². The predicted octanol–water partition coefficient (Wildman–Crippen LogP) is 3.77. The third kappa shape index (κ3) is 5.31. The Balaban J connectivity index is 1.60. The lowest BCUT2D eigenvalue weighted by Gasteiger charge is -2.34. The molecule has 1 saturated heterocycles. The van der Waals surface area contributed by atoms with Gasteiger partial charge in [-0.3, -0.25) is 9.48 Å². The fourth-order valence-corrected chi connectivity index (χ4v) is 5.42. The second-order valence-corrected chi connectivity index (χ2v) is 10.4. The molecule has 2 heterocycles. The van der Waals surface area contributed by atoms with Gasteiger partial charge < -0.3 is 9.47 Å². The first-order valence-electron chi connectivity index (χ1n) is 11.3. The van der Waals surface area contributed by atoms with Crippen LogP contribution in [0.2, 0.25) is 0 Å². The highest BCUT2D eigenvalue weighted by Gasteiger charge is 2.32. The van der Waals surface area contributed by atoms with Crippen LogP contribution in [-0.2, 0) is 26.7 Å². The van der Waals surface area contributed by atoms with Crippen LogP contribution in [0.25, 0.3) is 6.08 Å². The predicted molar refractivity (Wildman–Crippen MR) is 133 cm³/mol. The molecule has 1 aliphatic heterocycles. The smallest absolute Gasteiger partial charge is 0.268 e. The standard InChI is InChI=1S/C26H29N3O5S/c1-4-19-16-20(6-7-21(19)18-29-13-5-12-27-29)25(30)28-35(31,32)24-17-22(8-9-23(24)33-3)26(2)10-14-34-15-11-26/h4-9,12-13,16-17H,1,10-11,14-15,18H2,2-3H3,(H,28,30). The largest absolute Gasteiger partial charge is 0.495 e. The normalized spacial score (nSPS) is 15.4. The number of nitrogens with zero attached hydrogens (tertiary/aromatic N) is 2. The van der Waals surface area contributed by atoms with Gasteiger partial charge in [-0.15, -0.1) is 0 Å². The lowest BCUT2D eigenvalue weighted by atomic mass is 9.76. The number of methoxy groups -OCH3 is 1. The number of carbonyl (C=O) groups is 1. The summed E-state index contributed by atoms with van der Waals surface area (Å²) in [6.45, 7) is 7.64. The van der Waals surface area contributed by atoms with E-state index < -0.39 is 15.9 Å². The SMILES string of the molecule is C=Cc1cc(C(=O)NS(=O)(=O)c2cc(C3(C)CCOCC3)ccc2OC)ccc1Cn1cccn1. The van der Waals surface area contributed by atoms with Crippen LogP contribution in [0, 0.1) is 0 Å². The van der Waals surface area contributed by atoms with Gasteiger partial charge in [0, 0.05) is 31.2 Å². The minimum atomic E-state index is -4.20. The Bertz CT molecular complexity index is 1330. The van der Waals surface area contributed by atoms with Crippen molar-refractivity contribution < 1.29 is 22.7 Å². The van der Waals surface area contributed by atoms with Crippen molar-refractivity contribution in [3.8, 4) is 5.75 Å². The summed E-state index contributed by atoms with van der Waals surface area (Å²) < 4.78 is 41.3. The summed E-state index contributed by atoms with van der Waals surface area (Å²) in [4.78, 5) is 12.9. The molecule has 0 aliphatic carbocycles. The van der Waals surface area contributed by atoms with E-state index >= 15 is 0 Å². The van der Waals surface area contributed by atoms with E-state index in [1.165, 1.54) is 7.11 Å². The maximum Gasteiger partial charge on any atom is 0.268 e. The first-order chi connectivity index (χ1) is 16.8. The molecule has 0 radical (unpaired) electrons. The molecule has 1 aromatic heterocycles. The second-order valence-electron chi connectivity index (χ2n) is 8.79. The van der Waals surface area contributed by atoms with E-state index in [2.05, 4.69) is 23.3 Å². The van der Waals surface area contributed by atoms with Gasteiger partial charge in [0.15, 0.2) is 0 Å². The van der Waals surface area contributed by atoms with E-state index in [0.717, 1.165) is 29.5 Å². The monoisotopic (exact) mass is 495 g/mol. The van der Waals surface area contributed by atoms with Crippen molar-refractivity contribution in [2.45, 2.75) is 36.6 Å². The average molecular weight is 496 g/mol. The van der Waals surface area contributed by atoms with E-state index in [1.54, 1.807) is 47.3 Å². The molecule has 1 fully saturated rings. The number of nitrogens with one attached hydrogen (secondary N) is 1. The molecule has 0 spiro atoms. The first-order valence-corrected chi connectivity index (χ1v) is 12.8. The summed E-state index contributed by atoms with van der Waals surface area (Å²) in [5, 5.41) is 4.19. The van der Waals surface area contributed by atoms with Crippen molar-refractivity contribution in [1.29, 1.82) is 0 Å². The zero-order chi connectivity index (χ0) is 25.1. The van der Waals surface area contributed by atoms with Crippen LogP contribution >= 0.6 is 0 Å². The lowest BCUT2D eigenvalue weighted by Crippen LogP contribution is -2.33. The minimum absolute atomic E-state index is 0.0715. The van der Waals surface area contributed by atoms with E-state index in [0.29, 0.717) is 19.8 Å². The number of hydrogen-bond donors (Lipinski definition) is 1. The van der Waals surface area contributed by atoms with Crippen LogP contribution in [0.5, 0.6) is 5.75 Å². The van der Waals surface area contributed by atoms with E-state index in [4.69, 9.17) is 9.47 Å². The number of aromatic nitrogens is 2. The van der Waals surface area contributed by atoms with Gasteiger partial charge in [0.1, 0.15) is 10.6 Å². The van der Waals surface area contributed by atoms with Crippen molar-refractivity contribution in [2.75, 3.05) is 20.3 Å². The highest BCUT2D eigenvalue weighted by molar-refractivity contribution is 7.90. The van der Waals surface area contributed by atoms with Crippen molar-refractivity contribution in [1.82, 2.24) is 14.5 Å². The number of benzene rings is 2. The Morgan fingerprint density at radius 2 is 2.03 bits per heavy atom. The first kappa shape index (κ1) is 24.7. The van der Waals surface area contributed by atoms with Crippen LogP contribution in [0.4, 0.5) is 0 Å².